The third-order valence-corrected chi connectivity index (χ3v) is 2.67. The lowest BCUT2D eigenvalue weighted by molar-refractivity contribution is 0.687. The van der Waals surface area contributed by atoms with Gasteiger partial charge in [-0.3, -0.25) is 4.21 Å². The molecule has 0 fully saturated rings. The second-order valence-electron chi connectivity index (χ2n) is 3.12. The van der Waals surface area contributed by atoms with E-state index in [1.165, 1.54) is 0 Å². The molecule has 0 aromatic heterocycles. The molecule has 1 unspecified atom stereocenters. The van der Waals surface area contributed by atoms with E-state index in [2.05, 4.69) is 5.32 Å². The van der Waals surface area contributed by atoms with Gasteiger partial charge in [0.2, 0.25) is 0 Å². The summed E-state index contributed by atoms with van der Waals surface area (Å²) in [6.45, 7) is 0.623. The lowest BCUT2D eigenvalue weighted by Crippen LogP contribution is -2.09. The van der Waals surface area contributed by atoms with Crippen molar-refractivity contribution in [2.24, 2.45) is 0 Å². The van der Waals surface area contributed by atoms with E-state index >= 15 is 0 Å². The molecule has 0 aliphatic carbocycles. The highest BCUT2D eigenvalue weighted by atomic mass is 32.2. The monoisotopic (exact) mass is 223 g/mol. The Morgan fingerprint density at radius 3 is 2.93 bits per heavy atom. The lowest BCUT2D eigenvalue weighted by atomic mass is 10.2. The zero-order valence-corrected chi connectivity index (χ0v) is 9.30. The number of hydrogen-bond acceptors (Lipinski definition) is 4. The van der Waals surface area contributed by atoms with Gasteiger partial charge in [-0.2, -0.15) is 5.26 Å². The van der Waals surface area contributed by atoms with Crippen LogP contribution in [-0.2, 0) is 10.8 Å². The molecule has 0 radical (unpaired) electrons. The molecule has 4 nitrogen and oxygen atoms in total. The molecular weight excluding hydrogens is 210 g/mol. The van der Waals surface area contributed by atoms with Crippen LogP contribution >= 0.6 is 0 Å². The van der Waals surface area contributed by atoms with Crippen molar-refractivity contribution in [3.8, 4) is 6.07 Å². The summed E-state index contributed by atoms with van der Waals surface area (Å²) in [6.07, 6.45) is 1.66. The summed E-state index contributed by atoms with van der Waals surface area (Å²) in [5, 5.41) is 11.8. The van der Waals surface area contributed by atoms with Crippen molar-refractivity contribution < 1.29 is 4.21 Å². The van der Waals surface area contributed by atoms with E-state index in [1.54, 1.807) is 24.5 Å². The van der Waals surface area contributed by atoms with Crippen molar-refractivity contribution in [2.75, 3.05) is 29.6 Å². The normalized spacial score (nSPS) is 11.7. The summed E-state index contributed by atoms with van der Waals surface area (Å²) in [7, 11) is -0.803. The Morgan fingerprint density at radius 1 is 1.60 bits per heavy atom. The standard InChI is InChI=1S/C10H13N3OS/c1-15(14)5-4-13-9-2-3-10(12)8(6-9)7-11/h2-3,6,13H,4-5,12H2,1H3. The molecule has 0 aliphatic rings. The number of hydrogen-bond donors (Lipinski definition) is 2. The summed E-state index contributed by atoms with van der Waals surface area (Å²) in [5.41, 5.74) is 7.33. The highest BCUT2D eigenvalue weighted by molar-refractivity contribution is 7.84. The third kappa shape index (κ3) is 3.60. The predicted octanol–water partition coefficient (Wildman–Crippen LogP) is 0.931. The van der Waals surface area contributed by atoms with Gasteiger partial charge in [0.15, 0.2) is 0 Å². The topological polar surface area (TPSA) is 78.9 Å². The summed E-state index contributed by atoms with van der Waals surface area (Å²) in [4.78, 5) is 0. The van der Waals surface area contributed by atoms with Gasteiger partial charge in [-0.1, -0.05) is 0 Å². The highest BCUT2D eigenvalue weighted by Crippen LogP contribution is 2.16. The maximum Gasteiger partial charge on any atom is 0.101 e. The van der Waals surface area contributed by atoms with Gasteiger partial charge in [-0.05, 0) is 18.2 Å². The van der Waals surface area contributed by atoms with Gasteiger partial charge in [0.25, 0.3) is 0 Å². The molecule has 80 valence electrons. The SMILES string of the molecule is CS(=O)CCNc1ccc(N)c(C#N)c1. The van der Waals surface area contributed by atoms with Crippen molar-refractivity contribution in [1.82, 2.24) is 0 Å². The highest BCUT2D eigenvalue weighted by Gasteiger charge is 1.99. The first kappa shape index (κ1) is 11.5. The maximum atomic E-state index is 10.8. The smallest absolute Gasteiger partial charge is 0.101 e. The second-order valence-corrected chi connectivity index (χ2v) is 4.67. The van der Waals surface area contributed by atoms with E-state index in [9.17, 15) is 4.21 Å². The number of benzene rings is 1. The molecule has 3 N–H and O–H groups in total. The zero-order chi connectivity index (χ0) is 11.3. The first-order valence-electron chi connectivity index (χ1n) is 4.47. The van der Waals surface area contributed by atoms with Gasteiger partial charge in [0.1, 0.15) is 6.07 Å². The minimum absolute atomic E-state index is 0.456. The Bertz CT molecular complexity index is 412. The fourth-order valence-corrected chi connectivity index (χ4v) is 1.49. The molecule has 1 atom stereocenters. The Morgan fingerprint density at radius 2 is 2.33 bits per heavy atom. The molecule has 1 aromatic rings. The van der Waals surface area contributed by atoms with E-state index < -0.39 is 10.8 Å². The van der Waals surface area contributed by atoms with Crippen molar-refractivity contribution in [1.29, 1.82) is 5.26 Å². The van der Waals surface area contributed by atoms with E-state index in [0.717, 1.165) is 5.69 Å². The van der Waals surface area contributed by atoms with Crippen LogP contribution in [0.1, 0.15) is 5.56 Å². The number of nitrogens with two attached hydrogens (primary N) is 1. The molecule has 0 heterocycles. The summed E-state index contributed by atoms with van der Waals surface area (Å²) >= 11 is 0. The minimum Gasteiger partial charge on any atom is -0.398 e. The molecule has 5 heteroatoms. The predicted molar refractivity (Wildman–Crippen MR) is 63.0 cm³/mol. The van der Waals surface area contributed by atoms with Gasteiger partial charge in [-0.25, -0.2) is 0 Å². The van der Waals surface area contributed by atoms with Gasteiger partial charge < -0.3 is 11.1 Å². The van der Waals surface area contributed by atoms with Crippen LogP contribution in [0.25, 0.3) is 0 Å². The fraction of sp³-hybridized carbons (Fsp3) is 0.300. The Balaban J connectivity index is 2.63. The Labute approximate surface area is 91.5 Å². The van der Waals surface area contributed by atoms with E-state index in [0.29, 0.717) is 23.5 Å². The zero-order valence-electron chi connectivity index (χ0n) is 8.49. The molecule has 0 saturated heterocycles. The average Bonchev–Trinajstić information content (AvgIpc) is 2.20. The second kappa shape index (κ2) is 5.37. The van der Waals surface area contributed by atoms with Crippen LogP contribution in [0, 0.1) is 11.3 Å². The van der Waals surface area contributed by atoms with Crippen LogP contribution in [0.5, 0.6) is 0 Å². The van der Waals surface area contributed by atoms with Crippen molar-refractivity contribution in [3.05, 3.63) is 23.8 Å². The number of nitrogen functional groups attached to an aromatic ring is 1. The number of nitrogens with zero attached hydrogens (tertiary/aromatic N) is 1. The maximum absolute atomic E-state index is 10.8. The van der Waals surface area contributed by atoms with E-state index in [1.807, 2.05) is 6.07 Å². The number of anilines is 2. The molecule has 1 rings (SSSR count). The molecule has 0 aliphatic heterocycles. The largest absolute Gasteiger partial charge is 0.398 e. The summed E-state index contributed by atoms with van der Waals surface area (Å²) < 4.78 is 10.8. The van der Waals surface area contributed by atoms with Crippen LogP contribution in [-0.4, -0.2) is 22.8 Å². The van der Waals surface area contributed by atoms with Crippen LogP contribution < -0.4 is 11.1 Å². The van der Waals surface area contributed by atoms with Gasteiger partial charge in [0.05, 0.1) is 5.56 Å². The van der Waals surface area contributed by atoms with Crippen LogP contribution in [0.3, 0.4) is 0 Å². The first-order chi connectivity index (χ1) is 7.13. The molecule has 15 heavy (non-hydrogen) atoms. The van der Waals surface area contributed by atoms with Gasteiger partial charge >= 0.3 is 0 Å². The van der Waals surface area contributed by atoms with Crippen LogP contribution in [0.4, 0.5) is 11.4 Å². The van der Waals surface area contributed by atoms with Crippen molar-refractivity contribution in [3.63, 3.8) is 0 Å². The Hall–Kier alpha value is -1.54. The molecule has 0 bridgehead atoms. The molecular formula is C10H13N3OS. The van der Waals surface area contributed by atoms with Crippen LogP contribution in [0.15, 0.2) is 18.2 Å². The van der Waals surface area contributed by atoms with Crippen LogP contribution in [0.2, 0.25) is 0 Å². The van der Waals surface area contributed by atoms with Crippen molar-refractivity contribution in [2.45, 2.75) is 0 Å². The molecule has 1 aromatic carbocycles. The van der Waals surface area contributed by atoms with E-state index in [4.69, 9.17) is 11.0 Å². The number of rotatable bonds is 4. The average molecular weight is 223 g/mol. The molecule has 0 saturated carbocycles. The Kier molecular flexibility index (Phi) is 4.13. The first-order valence-corrected chi connectivity index (χ1v) is 6.19. The minimum atomic E-state index is -0.803. The number of nitriles is 1. The lowest BCUT2D eigenvalue weighted by Gasteiger charge is -2.06. The number of nitrogens with one attached hydrogen (secondary N) is 1. The summed E-state index contributed by atoms with van der Waals surface area (Å²) in [6, 6.07) is 7.18. The quantitative estimate of drug-likeness (QED) is 0.744. The van der Waals surface area contributed by atoms with Gasteiger partial charge in [-0.15, -0.1) is 0 Å². The molecule has 0 spiro atoms. The van der Waals surface area contributed by atoms with Crippen molar-refractivity contribution >= 4 is 22.2 Å². The molecule has 0 amide bonds. The summed E-state index contributed by atoms with van der Waals surface area (Å²) in [5.74, 6) is 0.590. The third-order valence-electron chi connectivity index (χ3n) is 1.89. The fourth-order valence-electron chi connectivity index (χ4n) is 1.10. The van der Waals surface area contributed by atoms with Gasteiger partial charge in [0, 0.05) is 40.7 Å². The van der Waals surface area contributed by atoms with E-state index in [-0.39, 0.29) is 0 Å².